The van der Waals surface area contributed by atoms with E-state index in [0.29, 0.717) is 0 Å². The van der Waals surface area contributed by atoms with E-state index in [9.17, 15) is 8.78 Å². The average molecular weight is 165 g/mol. The smallest absolute Gasteiger partial charge is 0.187 e. The van der Waals surface area contributed by atoms with Gasteiger partial charge in [-0.1, -0.05) is 11.6 Å². The van der Waals surface area contributed by atoms with Crippen molar-refractivity contribution in [3.05, 3.63) is 28.8 Å². The minimum absolute atomic E-state index is 0.0761. The third-order valence-electron chi connectivity index (χ3n) is 0.982. The Hall–Kier alpha value is -0.830. The molecule has 1 nitrogen and oxygen atoms in total. The van der Waals surface area contributed by atoms with Crippen LogP contribution in [-0.4, -0.2) is 5.11 Å². The van der Waals surface area contributed by atoms with Gasteiger partial charge in [-0.05, 0) is 12.1 Å². The van der Waals surface area contributed by atoms with E-state index in [-0.39, 0.29) is 5.02 Å². The molecule has 0 saturated heterocycles. The lowest BCUT2D eigenvalue weighted by atomic mass is 10.3. The number of phenolic OH excluding ortho intramolecular Hbond substituents is 1. The van der Waals surface area contributed by atoms with E-state index in [1.165, 1.54) is 0 Å². The second-order valence-corrected chi connectivity index (χ2v) is 2.15. The van der Waals surface area contributed by atoms with Crippen molar-refractivity contribution in [1.29, 1.82) is 0 Å². The molecule has 0 bridgehead atoms. The van der Waals surface area contributed by atoms with Crippen LogP contribution in [0.1, 0.15) is 0 Å². The Morgan fingerprint density at radius 1 is 1.20 bits per heavy atom. The SMILES string of the molecule is Oc1c(F)cc(Cl)cc1F. The molecule has 54 valence electrons. The normalized spacial score (nSPS) is 9.90. The van der Waals surface area contributed by atoms with E-state index in [0.717, 1.165) is 12.1 Å². The van der Waals surface area contributed by atoms with Crippen LogP contribution in [0, 0.1) is 11.6 Å². The van der Waals surface area contributed by atoms with Gasteiger partial charge in [-0.3, -0.25) is 0 Å². The molecule has 0 fully saturated rings. The summed E-state index contributed by atoms with van der Waals surface area (Å²) >= 11 is 5.23. The van der Waals surface area contributed by atoms with Gasteiger partial charge >= 0.3 is 0 Å². The second-order valence-electron chi connectivity index (χ2n) is 1.72. The maximum Gasteiger partial charge on any atom is 0.187 e. The fourth-order valence-electron chi connectivity index (χ4n) is 0.535. The van der Waals surface area contributed by atoms with E-state index >= 15 is 0 Å². The zero-order valence-electron chi connectivity index (χ0n) is 4.74. The van der Waals surface area contributed by atoms with Crippen molar-refractivity contribution < 1.29 is 13.9 Å². The zero-order chi connectivity index (χ0) is 7.72. The molecule has 1 rings (SSSR count). The molecule has 0 aliphatic carbocycles. The van der Waals surface area contributed by atoms with E-state index in [2.05, 4.69) is 0 Å². The first-order valence-corrected chi connectivity index (χ1v) is 2.82. The van der Waals surface area contributed by atoms with Gasteiger partial charge in [0.2, 0.25) is 0 Å². The van der Waals surface area contributed by atoms with Crippen molar-refractivity contribution in [3.8, 4) is 5.75 Å². The van der Waals surface area contributed by atoms with Crippen LogP contribution in [0.3, 0.4) is 0 Å². The number of hydrogen-bond acceptors (Lipinski definition) is 1. The molecule has 10 heavy (non-hydrogen) atoms. The molecule has 0 atom stereocenters. The molecular weight excluding hydrogens is 162 g/mol. The second kappa shape index (κ2) is 2.42. The van der Waals surface area contributed by atoms with Gasteiger partial charge in [0.15, 0.2) is 17.4 Å². The summed E-state index contributed by atoms with van der Waals surface area (Å²) < 4.78 is 24.5. The Kier molecular flexibility index (Phi) is 1.76. The summed E-state index contributed by atoms with van der Waals surface area (Å²) in [6.07, 6.45) is 0. The molecule has 0 spiro atoms. The summed E-state index contributed by atoms with van der Waals surface area (Å²) in [4.78, 5) is 0. The van der Waals surface area contributed by atoms with E-state index in [1.807, 2.05) is 0 Å². The average Bonchev–Trinajstić information content (AvgIpc) is 1.82. The van der Waals surface area contributed by atoms with E-state index < -0.39 is 17.4 Å². The summed E-state index contributed by atoms with van der Waals surface area (Å²) in [6, 6.07) is 1.67. The Morgan fingerprint density at radius 3 is 2.00 bits per heavy atom. The van der Waals surface area contributed by atoms with Crippen LogP contribution in [0.2, 0.25) is 5.02 Å². The lowest BCUT2D eigenvalue weighted by Crippen LogP contribution is -1.81. The van der Waals surface area contributed by atoms with Gasteiger partial charge in [0.05, 0.1) is 0 Å². The van der Waals surface area contributed by atoms with Gasteiger partial charge in [-0.2, -0.15) is 0 Å². The molecule has 0 aromatic heterocycles. The van der Waals surface area contributed by atoms with Crippen LogP contribution < -0.4 is 0 Å². The van der Waals surface area contributed by atoms with Crippen molar-refractivity contribution in [2.75, 3.05) is 0 Å². The van der Waals surface area contributed by atoms with Crippen LogP contribution in [0.25, 0.3) is 0 Å². The van der Waals surface area contributed by atoms with E-state index in [1.54, 1.807) is 0 Å². The molecule has 1 N–H and O–H groups in total. The number of phenols is 1. The lowest BCUT2D eigenvalue weighted by molar-refractivity contribution is 0.396. The fourth-order valence-corrected chi connectivity index (χ4v) is 0.726. The van der Waals surface area contributed by atoms with E-state index in [4.69, 9.17) is 16.7 Å². The number of aromatic hydroxyl groups is 1. The minimum atomic E-state index is -1.05. The van der Waals surface area contributed by atoms with Crippen molar-refractivity contribution in [1.82, 2.24) is 0 Å². The van der Waals surface area contributed by atoms with Gasteiger partial charge in [0.1, 0.15) is 0 Å². The standard InChI is InChI=1S/C6H3ClF2O/c7-3-1-4(8)6(10)5(9)2-3/h1-2,10H. The molecule has 0 unspecified atom stereocenters. The highest BCUT2D eigenvalue weighted by Gasteiger charge is 2.07. The van der Waals surface area contributed by atoms with Crippen LogP contribution >= 0.6 is 11.6 Å². The molecule has 1 aromatic rings. The summed E-state index contributed by atoms with van der Waals surface area (Å²) in [7, 11) is 0. The summed E-state index contributed by atoms with van der Waals surface area (Å²) in [6.45, 7) is 0. The number of benzene rings is 1. The molecule has 0 aliphatic heterocycles. The van der Waals surface area contributed by atoms with Crippen molar-refractivity contribution in [3.63, 3.8) is 0 Å². The molecule has 0 aliphatic rings. The predicted octanol–water partition coefficient (Wildman–Crippen LogP) is 2.32. The first-order valence-electron chi connectivity index (χ1n) is 2.45. The van der Waals surface area contributed by atoms with Gasteiger partial charge in [0.25, 0.3) is 0 Å². The predicted molar refractivity (Wildman–Crippen MR) is 33.0 cm³/mol. The molecule has 4 heteroatoms. The zero-order valence-corrected chi connectivity index (χ0v) is 5.49. The van der Waals surface area contributed by atoms with Crippen LogP contribution in [0.4, 0.5) is 8.78 Å². The third kappa shape index (κ3) is 1.19. The monoisotopic (exact) mass is 164 g/mol. The molecule has 1 aromatic carbocycles. The first kappa shape index (κ1) is 7.28. The molecule has 0 radical (unpaired) electrons. The quantitative estimate of drug-likeness (QED) is 0.624. The number of hydrogen-bond donors (Lipinski definition) is 1. The maximum atomic E-state index is 12.3. The van der Waals surface area contributed by atoms with Crippen LogP contribution in [-0.2, 0) is 0 Å². The van der Waals surface area contributed by atoms with Gasteiger partial charge in [-0.25, -0.2) is 8.78 Å². The highest BCUT2D eigenvalue weighted by Crippen LogP contribution is 2.23. The topological polar surface area (TPSA) is 20.2 Å². The van der Waals surface area contributed by atoms with Gasteiger partial charge in [-0.15, -0.1) is 0 Å². The highest BCUT2D eigenvalue weighted by atomic mass is 35.5. The summed E-state index contributed by atoms with van der Waals surface area (Å²) in [5.74, 6) is -3.10. The number of halogens is 3. The number of rotatable bonds is 0. The summed E-state index contributed by atoms with van der Waals surface area (Å²) in [5.41, 5.74) is 0. The molecular formula is C6H3ClF2O. The maximum absolute atomic E-state index is 12.3. The molecule has 0 heterocycles. The minimum Gasteiger partial charge on any atom is -0.503 e. The Labute approximate surface area is 60.9 Å². The molecule has 0 saturated carbocycles. The third-order valence-corrected chi connectivity index (χ3v) is 1.20. The van der Waals surface area contributed by atoms with Crippen LogP contribution in [0.15, 0.2) is 12.1 Å². The first-order chi connectivity index (χ1) is 4.61. The van der Waals surface area contributed by atoms with Gasteiger partial charge in [0, 0.05) is 5.02 Å². The Balaban J connectivity index is 3.31. The Morgan fingerprint density at radius 2 is 1.60 bits per heavy atom. The Bertz CT molecular complexity index is 239. The van der Waals surface area contributed by atoms with Crippen molar-refractivity contribution >= 4 is 11.6 Å². The van der Waals surface area contributed by atoms with Gasteiger partial charge < -0.3 is 5.11 Å². The highest BCUT2D eigenvalue weighted by molar-refractivity contribution is 6.30. The fraction of sp³-hybridized carbons (Fsp3) is 0. The molecule has 0 amide bonds. The summed E-state index contributed by atoms with van der Waals surface area (Å²) in [5, 5.41) is 8.45. The largest absolute Gasteiger partial charge is 0.503 e. The lowest BCUT2D eigenvalue weighted by Gasteiger charge is -1.95. The van der Waals surface area contributed by atoms with Crippen molar-refractivity contribution in [2.24, 2.45) is 0 Å². The van der Waals surface area contributed by atoms with Crippen molar-refractivity contribution in [2.45, 2.75) is 0 Å². The van der Waals surface area contributed by atoms with Crippen LogP contribution in [0.5, 0.6) is 5.75 Å².